The van der Waals surface area contributed by atoms with E-state index < -0.39 is 11.7 Å². The van der Waals surface area contributed by atoms with E-state index in [0.29, 0.717) is 19.5 Å². The summed E-state index contributed by atoms with van der Waals surface area (Å²) in [4.78, 5) is 29.2. The molecule has 5 rings (SSSR count). The number of carbonyl (C=O) groups excluding carboxylic acids is 1. The third kappa shape index (κ3) is 4.50. The number of nitrogens with zero attached hydrogens (tertiary/aromatic N) is 5. The second kappa shape index (κ2) is 8.83. The highest BCUT2D eigenvalue weighted by molar-refractivity contribution is 5.94. The molecule has 0 aliphatic carbocycles. The van der Waals surface area contributed by atoms with Crippen molar-refractivity contribution >= 4 is 17.7 Å². The van der Waals surface area contributed by atoms with Gasteiger partial charge in [0, 0.05) is 50.3 Å². The maximum atomic E-state index is 13.1. The van der Waals surface area contributed by atoms with E-state index in [-0.39, 0.29) is 11.5 Å². The van der Waals surface area contributed by atoms with E-state index in [2.05, 4.69) is 9.80 Å². The van der Waals surface area contributed by atoms with E-state index in [4.69, 9.17) is 9.97 Å². The van der Waals surface area contributed by atoms with Crippen LogP contribution in [0.3, 0.4) is 0 Å². The minimum Gasteiger partial charge on any atom is -0.356 e. The largest absolute Gasteiger partial charge is 0.416 e. The number of piperidine rings is 1. The van der Waals surface area contributed by atoms with E-state index in [1.807, 2.05) is 0 Å². The van der Waals surface area contributed by atoms with Crippen LogP contribution in [0, 0.1) is 0 Å². The molecule has 1 aromatic heterocycles. The van der Waals surface area contributed by atoms with Crippen LogP contribution >= 0.6 is 0 Å². The summed E-state index contributed by atoms with van der Waals surface area (Å²) in [5.41, 5.74) is 1.48. The molecule has 0 saturated carbocycles. The fraction of sp³-hybridized carbons (Fsp3) is 0.542. The quantitative estimate of drug-likeness (QED) is 0.686. The first-order chi connectivity index (χ1) is 15.9. The number of carbonyl (C=O) groups is 1. The van der Waals surface area contributed by atoms with Crippen LogP contribution in [0.1, 0.15) is 59.3 Å². The Hall–Kier alpha value is -2.84. The van der Waals surface area contributed by atoms with Gasteiger partial charge in [-0.2, -0.15) is 18.2 Å². The first-order valence-electron chi connectivity index (χ1n) is 11.8. The number of fused-ring (bicyclic) bond motifs is 1. The van der Waals surface area contributed by atoms with Gasteiger partial charge in [-0.25, -0.2) is 4.98 Å². The summed E-state index contributed by atoms with van der Waals surface area (Å²) in [6.45, 7) is 4.68. The standard InChI is InChI=1S/C24H28F3N5O/c25-24(26,27)18-8-6-17(7-9-18)22(33)32-15-10-20-19(16-32)21(30-11-2-1-3-12-30)29-23(28-20)31-13-4-5-14-31/h6-9H,1-5,10-16H2. The van der Waals surface area contributed by atoms with E-state index >= 15 is 0 Å². The van der Waals surface area contributed by atoms with Gasteiger partial charge in [-0.05, 0) is 56.4 Å². The molecular weight excluding hydrogens is 431 g/mol. The minimum atomic E-state index is -4.42. The number of anilines is 2. The number of amides is 1. The molecule has 0 unspecified atom stereocenters. The van der Waals surface area contributed by atoms with Crippen LogP contribution in [0.25, 0.3) is 0 Å². The third-order valence-corrected chi connectivity index (χ3v) is 6.82. The van der Waals surface area contributed by atoms with Crippen LogP contribution in [0.2, 0.25) is 0 Å². The van der Waals surface area contributed by atoms with Crippen LogP contribution in [-0.4, -0.2) is 53.5 Å². The van der Waals surface area contributed by atoms with Crippen LogP contribution in [-0.2, 0) is 19.1 Å². The highest BCUT2D eigenvalue weighted by Gasteiger charge is 2.32. The fourth-order valence-corrected chi connectivity index (χ4v) is 4.97. The van der Waals surface area contributed by atoms with Crippen molar-refractivity contribution in [1.82, 2.24) is 14.9 Å². The Morgan fingerprint density at radius 3 is 2.12 bits per heavy atom. The summed E-state index contributed by atoms with van der Waals surface area (Å²) in [6, 6.07) is 4.46. The highest BCUT2D eigenvalue weighted by Crippen LogP contribution is 2.33. The van der Waals surface area contributed by atoms with Crippen molar-refractivity contribution in [2.45, 2.75) is 51.2 Å². The molecule has 2 aromatic rings. The molecule has 4 heterocycles. The maximum Gasteiger partial charge on any atom is 0.416 e. The summed E-state index contributed by atoms with van der Waals surface area (Å²) in [6.07, 6.45) is 1.94. The van der Waals surface area contributed by atoms with E-state index in [9.17, 15) is 18.0 Å². The molecule has 2 fully saturated rings. The van der Waals surface area contributed by atoms with Gasteiger partial charge >= 0.3 is 6.18 Å². The molecule has 176 valence electrons. The van der Waals surface area contributed by atoms with Gasteiger partial charge in [0.2, 0.25) is 5.95 Å². The third-order valence-electron chi connectivity index (χ3n) is 6.82. The molecule has 3 aliphatic heterocycles. The normalized spacial score (nSPS) is 19.1. The lowest BCUT2D eigenvalue weighted by atomic mass is 10.0. The van der Waals surface area contributed by atoms with E-state index in [1.54, 1.807) is 4.90 Å². The van der Waals surface area contributed by atoms with Gasteiger partial charge in [-0.3, -0.25) is 4.79 Å². The number of rotatable bonds is 3. The van der Waals surface area contributed by atoms with Crippen molar-refractivity contribution in [3.63, 3.8) is 0 Å². The Morgan fingerprint density at radius 2 is 1.45 bits per heavy atom. The van der Waals surface area contributed by atoms with Crippen molar-refractivity contribution in [2.75, 3.05) is 42.5 Å². The number of alkyl halides is 3. The Labute approximate surface area is 191 Å². The number of hydrogen-bond acceptors (Lipinski definition) is 5. The first-order valence-corrected chi connectivity index (χ1v) is 11.8. The summed E-state index contributed by atoms with van der Waals surface area (Å²) >= 11 is 0. The molecule has 1 amide bonds. The lowest BCUT2D eigenvalue weighted by Gasteiger charge is -2.35. The summed E-state index contributed by atoms with van der Waals surface area (Å²) in [5.74, 6) is 1.45. The smallest absolute Gasteiger partial charge is 0.356 e. The van der Waals surface area contributed by atoms with Crippen LogP contribution in [0.15, 0.2) is 24.3 Å². The summed E-state index contributed by atoms with van der Waals surface area (Å²) < 4.78 is 38.7. The second-order valence-corrected chi connectivity index (χ2v) is 9.07. The van der Waals surface area contributed by atoms with E-state index in [0.717, 1.165) is 87.0 Å². The predicted octanol–water partition coefficient (Wildman–Crippen LogP) is 4.28. The molecule has 33 heavy (non-hydrogen) atoms. The zero-order valence-electron chi connectivity index (χ0n) is 18.6. The molecular formula is C24H28F3N5O. The van der Waals surface area contributed by atoms with Crippen molar-refractivity contribution in [3.8, 4) is 0 Å². The minimum absolute atomic E-state index is 0.261. The number of aromatic nitrogens is 2. The van der Waals surface area contributed by atoms with Gasteiger partial charge in [-0.1, -0.05) is 0 Å². The average molecular weight is 460 g/mol. The molecule has 0 bridgehead atoms. The van der Waals surface area contributed by atoms with Gasteiger partial charge in [-0.15, -0.1) is 0 Å². The molecule has 0 N–H and O–H groups in total. The second-order valence-electron chi connectivity index (χ2n) is 9.07. The van der Waals surface area contributed by atoms with Crippen LogP contribution in [0.4, 0.5) is 24.9 Å². The average Bonchev–Trinajstić information content (AvgIpc) is 3.38. The first kappa shape index (κ1) is 22.0. The SMILES string of the molecule is O=C(c1ccc(C(F)(F)F)cc1)N1CCc2nc(N3CCCC3)nc(N3CCCCC3)c2C1. The Bertz CT molecular complexity index is 1010. The van der Waals surface area contributed by atoms with Crippen molar-refractivity contribution < 1.29 is 18.0 Å². The summed E-state index contributed by atoms with van der Waals surface area (Å²) in [7, 11) is 0. The molecule has 1 aromatic carbocycles. The van der Waals surface area contributed by atoms with Gasteiger partial charge in [0.05, 0.1) is 17.8 Å². The monoisotopic (exact) mass is 459 g/mol. The van der Waals surface area contributed by atoms with Crippen LogP contribution in [0.5, 0.6) is 0 Å². The Balaban J connectivity index is 1.43. The molecule has 2 saturated heterocycles. The highest BCUT2D eigenvalue weighted by atomic mass is 19.4. The van der Waals surface area contributed by atoms with Gasteiger partial charge in [0.15, 0.2) is 0 Å². The molecule has 9 heteroatoms. The molecule has 0 atom stereocenters. The molecule has 0 spiro atoms. The molecule has 6 nitrogen and oxygen atoms in total. The van der Waals surface area contributed by atoms with Crippen molar-refractivity contribution in [3.05, 3.63) is 46.6 Å². The van der Waals surface area contributed by atoms with Crippen molar-refractivity contribution in [2.24, 2.45) is 0 Å². The van der Waals surface area contributed by atoms with Crippen molar-refractivity contribution in [1.29, 1.82) is 0 Å². The molecule has 0 radical (unpaired) electrons. The van der Waals surface area contributed by atoms with Gasteiger partial charge < -0.3 is 14.7 Å². The van der Waals surface area contributed by atoms with Gasteiger partial charge in [0.1, 0.15) is 5.82 Å². The topological polar surface area (TPSA) is 52.6 Å². The number of benzene rings is 1. The number of hydrogen-bond donors (Lipinski definition) is 0. The Kier molecular flexibility index (Phi) is 5.88. The fourth-order valence-electron chi connectivity index (χ4n) is 4.97. The lowest BCUT2D eigenvalue weighted by molar-refractivity contribution is -0.137. The zero-order chi connectivity index (χ0) is 23.0. The van der Waals surface area contributed by atoms with E-state index in [1.165, 1.54) is 18.6 Å². The Morgan fingerprint density at radius 1 is 0.818 bits per heavy atom. The van der Waals surface area contributed by atoms with Gasteiger partial charge in [0.25, 0.3) is 5.91 Å². The maximum absolute atomic E-state index is 13.1. The lowest BCUT2D eigenvalue weighted by Crippen LogP contribution is -2.39. The summed E-state index contributed by atoms with van der Waals surface area (Å²) in [5, 5.41) is 0. The molecule has 3 aliphatic rings. The number of halogens is 3. The van der Waals surface area contributed by atoms with Crippen LogP contribution < -0.4 is 9.80 Å². The zero-order valence-corrected chi connectivity index (χ0v) is 18.6. The predicted molar refractivity (Wildman–Crippen MR) is 119 cm³/mol.